The second-order valence-electron chi connectivity index (χ2n) is 4.80. The van der Waals surface area contributed by atoms with Gasteiger partial charge in [-0.1, -0.05) is 60.7 Å². The quantitative estimate of drug-likeness (QED) is 0.749. The van der Waals surface area contributed by atoms with Crippen molar-refractivity contribution < 1.29 is 9.84 Å². The van der Waals surface area contributed by atoms with Crippen LogP contribution in [0.5, 0.6) is 11.5 Å². The van der Waals surface area contributed by atoms with Crippen molar-refractivity contribution in [2.45, 2.75) is 0 Å². The van der Waals surface area contributed by atoms with Gasteiger partial charge in [0.15, 0.2) is 0 Å². The van der Waals surface area contributed by atoms with E-state index in [2.05, 4.69) is 0 Å². The fourth-order valence-corrected chi connectivity index (χ4v) is 2.40. The highest BCUT2D eigenvalue weighted by Crippen LogP contribution is 2.41. The van der Waals surface area contributed by atoms with Crippen molar-refractivity contribution in [3.05, 3.63) is 72.8 Å². The molecule has 0 aliphatic rings. The van der Waals surface area contributed by atoms with Gasteiger partial charge in [0.25, 0.3) is 0 Å². The Bertz CT molecular complexity index is 674. The maximum absolute atomic E-state index is 10.7. The van der Waals surface area contributed by atoms with Crippen molar-refractivity contribution in [3.8, 4) is 33.8 Å². The molecule has 0 amide bonds. The lowest BCUT2D eigenvalue weighted by Crippen LogP contribution is -1.89. The van der Waals surface area contributed by atoms with Crippen LogP contribution in [0.3, 0.4) is 0 Å². The maximum Gasteiger partial charge on any atom is 0.131 e. The highest BCUT2D eigenvalue weighted by molar-refractivity contribution is 5.83. The molecule has 0 aliphatic heterocycles. The average molecular weight is 276 g/mol. The van der Waals surface area contributed by atoms with E-state index in [1.54, 1.807) is 7.11 Å². The van der Waals surface area contributed by atoms with Crippen molar-refractivity contribution in [2.75, 3.05) is 7.11 Å². The topological polar surface area (TPSA) is 29.5 Å². The molecule has 0 radical (unpaired) electrons. The molecular weight excluding hydrogens is 260 g/mol. The highest BCUT2D eigenvalue weighted by atomic mass is 16.5. The van der Waals surface area contributed by atoms with Crippen LogP contribution in [0.4, 0.5) is 0 Å². The molecule has 0 saturated carbocycles. The Kier molecular flexibility index (Phi) is 3.61. The summed E-state index contributed by atoms with van der Waals surface area (Å²) in [7, 11) is 1.63. The van der Waals surface area contributed by atoms with Crippen molar-refractivity contribution in [1.82, 2.24) is 0 Å². The van der Waals surface area contributed by atoms with Crippen molar-refractivity contribution in [1.29, 1.82) is 0 Å². The third kappa shape index (κ3) is 2.61. The van der Waals surface area contributed by atoms with Gasteiger partial charge < -0.3 is 9.84 Å². The second kappa shape index (κ2) is 5.71. The van der Waals surface area contributed by atoms with E-state index in [-0.39, 0.29) is 5.75 Å². The zero-order chi connectivity index (χ0) is 14.7. The summed E-state index contributed by atoms with van der Waals surface area (Å²) >= 11 is 0. The smallest absolute Gasteiger partial charge is 0.131 e. The molecule has 0 heterocycles. The Morgan fingerprint density at radius 3 is 1.52 bits per heavy atom. The molecule has 0 fully saturated rings. The zero-order valence-electron chi connectivity index (χ0n) is 11.8. The van der Waals surface area contributed by atoms with Crippen LogP contribution in [0.15, 0.2) is 72.8 Å². The minimum atomic E-state index is 0.271. The van der Waals surface area contributed by atoms with Crippen LogP contribution in [0.25, 0.3) is 22.3 Å². The lowest BCUT2D eigenvalue weighted by atomic mass is 9.97. The van der Waals surface area contributed by atoms with E-state index in [1.807, 2.05) is 72.8 Å². The van der Waals surface area contributed by atoms with Crippen molar-refractivity contribution in [3.63, 3.8) is 0 Å². The number of phenols is 1. The molecule has 104 valence electrons. The van der Waals surface area contributed by atoms with E-state index in [0.29, 0.717) is 0 Å². The minimum absolute atomic E-state index is 0.271. The van der Waals surface area contributed by atoms with Crippen LogP contribution in [0.1, 0.15) is 0 Å². The van der Waals surface area contributed by atoms with Crippen molar-refractivity contribution in [2.24, 2.45) is 0 Å². The summed E-state index contributed by atoms with van der Waals surface area (Å²) in [5, 5.41) is 10.7. The maximum atomic E-state index is 10.7. The molecule has 0 unspecified atom stereocenters. The van der Waals surface area contributed by atoms with E-state index in [9.17, 15) is 5.11 Å². The monoisotopic (exact) mass is 276 g/mol. The largest absolute Gasteiger partial charge is 0.507 e. The first-order valence-electron chi connectivity index (χ1n) is 6.81. The van der Waals surface area contributed by atoms with Crippen molar-refractivity contribution >= 4 is 0 Å². The standard InChI is InChI=1S/C19H16O2/c1-21-16-12-17(14-8-4-2-5-9-14)19(20)18(13-16)15-10-6-3-7-11-15/h2-13,20H,1H3. The number of aromatic hydroxyl groups is 1. The van der Waals surface area contributed by atoms with Crippen LogP contribution >= 0.6 is 0 Å². The van der Waals surface area contributed by atoms with Crippen LogP contribution < -0.4 is 4.74 Å². The van der Waals surface area contributed by atoms with Gasteiger partial charge in [-0.15, -0.1) is 0 Å². The summed E-state index contributed by atoms with van der Waals surface area (Å²) < 4.78 is 5.38. The summed E-state index contributed by atoms with van der Waals surface area (Å²) in [4.78, 5) is 0. The molecule has 1 N–H and O–H groups in total. The first-order chi connectivity index (χ1) is 10.3. The normalized spacial score (nSPS) is 10.3. The molecule has 0 aromatic heterocycles. The molecule has 2 heteroatoms. The number of hydrogen-bond donors (Lipinski definition) is 1. The summed E-state index contributed by atoms with van der Waals surface area (Å²) in [6.45, 7) is 0. The third-order valence-electron chi connectivity index (χ3n) is 3.49. The molecule has 2 nitrogen and oxygen atoms in total. The van der Waals surface area contributed by atoms with Gasteiger partial charge in [0.05, 0.1) is 7.11 Å². The molecule has 0 aliphatic carbocycles. The van der Waals surface area contributed by atoms with E-state index in [1.165, 1.54) is 0 Å². The molecule has 3 rings (SSSR count). The van der Waals surface area contributed by atoms with Gasteiger partial charge in [-0.25, -0.2) is 0 Å². The Balaban J connectivity index is 2.23. The average Bonchev–Trinajstić information content (AvgIpc) is 2.57. The lowest BCUT2D eigenvalue weighted by Gasteiger charge is -2.13. The summed E-state index contributed by atoms with van der Waals surface area (Å²) in [6.07, 6.45) is 0. The van der Waals surface area contributed by atoms with Gasteiger partial charge >= 0.3 is 0 Å². The molecule has 0 atom stereocenters. The Morgan fingerprint density at radius 2 is 1.14 bits per heavy atom. The summed E-state index contributed by atoms with van der Waals surface area (Å²) in [5.41, 5.74) is 3.47. The van der Waals surface area contributed by atoms with Crippen LogP contribution in [-0.2, 0) is 0 Å². The van der Waals surface area contributed by atoms with Crippen LogP contribution in [0, 0.1) is 0 Å². The van der Waals surface area contributed by atoms with E-state index in [4.69, 9.17) is 4.74 Å². The van der Waals surface area contributed by atoms with Gasteiger partial charge in [-0.3, -0.25) is 0 Å². The Morgan fingerprint density at radius 1 is 0.714 bits per heavy atom. The van der Waals surface area contributed by atoms with Gasteiger partial charge in [-0.2, -0.15) is 0 Å². The molecule has 0 spiro atoms. The van der Waals surface area contributed by atoms with Gasteiger partial charge in [0, 0.05) is 11.1 Å². The molecule has 21 heavy (non-hydrogen) atoms. The highest BCUT2D eigenvalue weighted by Gasteiger charge is 2.13. The molecule has 0 saturated heterocycles. The predicted octanol–water partition coefficient (Wildman–Crippen LogP) is 4.73. The fraction of sp³-hybridized carbons (Fsp3) is 0.0526. The van der Waals surface area contributed by atoms with Gasteiger partial charge in [0.1, 0.15) is 11.5 Å². The summed E-state index contributed by atoms with van der Waals surface area (Å²) in [6, 6.07) is 23.4. The Hall–Kier alpha value is -2.74. The summed E-state index contributed by atoms with van der Waals surface area (Å²) in [5.74, 6) is 0.999. The number of hydrogen-bond acceptors (Lipinski definition) is 2. The number of benzene rings is 3. The number of ether oxygens (including phenoxy) is 1. The zero-order valence-corrected chi connectivity index (χ0v) is 11.8. The minimum Gasteiger partial charge on any atom is -0.507 e. The molecule has 0 bridgehead atoms. The second-order valence-corrected chi connectivity index (χ2v) is 4.80. The van der Waals surface area contributed by atoms with E-state index < -0.39 is 0 Å². The number of phenolic OH excluding ortho intramolecular Hbond substituents is 1. The predicted molar refractivity (Wildman–Crippen MR) is 85.5 cm³/mol. The van der Waals surface area contributed by atoms with E-state index >= 15 is 0 Å². The fourth-order valence-electron chi connectivity index (χ4n) is 2.40. The van der Waals surface area contributed by atoms with Crippen LogP contribution in [0.2, 0.25) is 0 Å². The van der Waals surface area contributed by atoms with Gasteiger partial charge in [-0.05, 0) is 23.3 Å². The number of rotatable bonds is 3. The molecular formula is C19H16O2. The van der Waals surface area contributed by atoms with Gasteiger partial charge in [0.2, 0.25) is 0 Å². The molecule has 3 aromatic rings. The Labute approximate surface area is 124 Å². The van der Waals surface area contributed by atoms with Crippen LogP contribution in [-0.4, -0.2) is 12.2 Å². The SMILES string of the molecule is COc1cc(-c2ccccc2)c(O)c(-c2ccccc2)c1. The lowest BCUT2D eigenvalue weighted by molar-refractivity contribution is 0.413. The first-order valence-corrected chi connectivity index (χ1v) is 6.81. The van der Waals surface area contributed by atoms with E-state index in [0.717, 1.165) is 28.0 Å². The first kappa shape index (κ1) is 13.3. The number of methoxy groups -OCH3 is 1. The molecule has 3 aromatic carbocycles. The third-order valence-corrected chi connectivity index (χ3v) is 3.49.